The number of H-pyrrole nitrogens is 2. The van der Waals surface area contributed by atoms with Crippen molar-refractivity contribution in [3.05, 3.63) is 57.8 Å². The van der Waals surface area contributed by atoms with Gasteiger partial charge in [0.2, 0.25) is 0 Å². The smallest absolute Gasteiger partial charge is 0.261 e. The van der Waals surface area contributed by atoms with Gasteiger partial charge in [-0.15, -0.1) is 0 Å². The number of pyridine rings is 1. The molecule has 20 heavy (non-hydrogen) atoms. The number of hydrogen-bond donors (Lipinski definition) is 2. The predicted molar refractivity (Wildman–Crippen MR) is 75.6 cm³/mol. The minimum atomic E-state index is -0.294. The van der Waals surface area contributed by atoms with E-state index in [1.54, 1.807) is 13.1 Å². The van der Waals surface area contributed by atoms with Crippen LogP contribution in [0.15, 0.2) is 35.3 Å². The number of aromatic amines is 2. The molecule has 0 saturated heterocycles. The third kappa shape index (κ3) is 2.52. The van der Waals surface area contributed by atoms with Gasteiger partial charge in [0.25, 0.3) is 11.5 Å². The van der Waals surface area contributed by atoms with Gasteiger partial charge in [0.15, 0.2) is 0 Å². The molecule has 0 aliphatic heterocycles. The Hall–Kier alpha value is -2.30. The van der Waals surface area contributed by atoms with E-state index in [0.29, 0.717) is 12.5 Å². The number of nitrogens with one attached hydrogen (secondary N) is 2. The number of carbonyl (C=O) groups excluding carboxylic acids is 1. The zero-order chi connectivity index (χ0) is 14.1. The molecule has 2 aromatic heterocycles. The number of rotatable bonds is 4. The van der Waals surface area contributed by atoms with E-state index in [2.05, 4.69) is 9.97 Å². The van der Waals surface area contributed by atoms with Crippen LogP contribution in [0.5, 0.6) is 0 Å². The molecular formula is C15H17N3O2. The Morgan fingerprint density at radius 2 is 2.15 bits per heavy atom. The lowest BCUT2D eigenvalue weighted by molar-refractivity contribution is 0.0782. The van der Waals surface area contributed by atoms with E-state index in [4.69, 9.17) is 0 Å². The lowest BCUT2D eigenvalue weighted by Gasteiger charge is -2.16. The Kier molecular flexibility index (Phi) is 3.18. The van der Waals surface area contributed by atoms with Crippen molar-refractivity contribution in [2.75, 3.05) is 7.05 Å². The standard InChI is InChI=1S/C15H17N3O2/c1-18(9-11-3-2-8-16-11)15(20)12-6-7-13(10-4-5-10)17-14(12)19/h2-3,6-8,10,16H,4-5,9H2,1H3,(H,17,19). The third-order valence-electron chi connectivity index (χ3n) is 3.60. The minimum Gasteiger partial charge on any atom is -0.364 e. The fraction of sp³-hybridized carbons (Fsp3) is 0.333. The first-order valence-corrected chi connectivity index (χ1v) is 6.76. The molecule has 2 N–H and O–H groups in total. The van der Waals surface area contributed by atoms with Crippen molar-refractivity contribution >= 4 is 5.91 Å². The maximum Gasteiger partial charge on any atom is 0.261 e. The number of hydrogen-bond acceptors (Lipinski definition) is 2. The van der Waals surface area contributed by atoms with Crippen LogP contribution < -0.4 is 5.56 Å². The van der Waals surface area contributed by atoms with Gasteiger partial charge in [-0.2, -0.15) is 0 Å². The zero-order valence-corrected chi connectivity index (χ0v) is 11.3. The summed E-state index contributed by atoms with van der Waals surface area (Å²) in [5.41, 5.74) is 1.78. The molecule has 2 aromatic rings. The molecule has 2 heterocycles. The van der Waals surface area contributed by atoms with Crippen molar-refractivity contribution in [1.82, 2.24) is 14.9 Å². The molecule has 5 heteroatoms. The van der Waals surface area contributed by atoms with Gasteiger partial charge in [-0.3, -0.25) is 9.59 Å². The van der Waals surface area contributed by atoms with Gasteiger partial charge in [0.1, 0.15) is 5.56 Å². The van der Waals surface area contributed by atoms with Gasteiger partial charge in [0, 0.05) is 24.6 Å². The van der Waals surface area contributed by atoms with Crippen LogP contribution in [0, 0.1) is 0 Å². The lowest BCUT2D eigenvalue weighted by atomic mass is 10.2. The van der Waals surface area contributed by atoms with Crippen LogP contribution in [0.3, 0.4) is 0 Å². The molecule has 0 spiro atoms. The van der Waals surface area contributed by atoms with Crippen LogP contribution in [-0.2, 0) is 6.54 Å². The first kappa shape index (κ1) is 12.7. The number of carbonyl (C=O) groups is 1. The predicted octanol–water partition coefficient (Wildman–Crippen LogP) is 1.85. The van der Waals surface area contributed by atoms with Crippen molar-refractivity contribution in [2.24, 2.45) is 0 Å². The van der Waals surface area contributed by atoms with E-state index in [1.807, 2.05) is 24.4 Å². The van der Waals surface area contributed by atoms with Crippen LogP contribution >= 0.6 is 0 Å². The molecule has 0 unspecified atom stereocenters. The van der Waals surface area contributed by atoms with Crippen molar-refractivity contribution in [3.63, 3.8) is 0 Å². The summed E-state index contributed by atoms with van der Waals surface area (Å²) >= 11 is 0. The van der Waals surface area contributed by atoms with E-state index in [1.165, 1.54) is 4.90 Å². The van der Waals surface area contributed by atoms with Crippen LogP contribution in [0.25, 0.3) is 0 Å². The van der Waals surface area contributed by atoms with Crippen LogP contribution in [0.1, 0.15) is 40.5 Å². The summed E-state index contributed by atoms with van der Waals surface area (Å²) in [6.07, 6.45) is 4.05. The van der Waals surface area contributed by atoms with Crippen molar-refractivity contribution in [1.29, 1.82) is 0 Å². The van der Waals surface area contributed by atoms with Gasteiger partial charge < -0.3 is 14.9 Å². The van der Waals surface area contributed by atoms with Gasteiger partial charge in [-0.05, 0) is 43.0 Å². The normalized spacial score (nSPS) is 14.2. The molecule has 3 rings (SSSR count). The van der Waals surface area contributed by atoms with Gasteiger partial charge >= 0.3 is 0 Å². The monoisotopic (exact) mass is 271 g/mol. The number of nitrogens with zero attached hydrogens (tertiary/aromatic N) is 1. The summed E-state index contributed by atoms with van der Waals surface area (Å²) in [4.78, 5) is 31.7. The summed E-state index contributed by atoms with van der Waals surface area (Å²) in [6, 6.07) is 7.28. The van der Waals surface area contributed by atoms with E-state index in [0.717, 1.165) is 24.2 Å². The highest BCUT2D eigenvalue weighted by atomic mass is 16.2. The van der Waals surface area contributed by atoms with Gasteiger partial charge in [-0.1, -0.05) is 0 Å². The number of amides is 1. The maximum absolute atomic E-state index is 12.3. The topological polar surface area (TPSA) is 69.0 Å². The fourth-order valence-corrected chi connectivity index (χ4v) is 2.29. The Morgan fingerprint density at radius 3 is 2.75 bits per heavy atom. The molecular weight excluding hydrogens is 254 g/mol. The summed E-state index contributed by atoms with van der Waals surface area (Å²) in [5, 5.41) is 0. The maximum atomic E-state index is 12.3. The highest BCUT2D eigenvalue weighted by molar-refractivity contribution is 5.93. The molecule has 1 aliphatic rings. The summed E-state index contributed by atoms with van der Waals surface area (Å²) in [7, 11) is 1.69. The van der Waals surface area contributed by atoms with Crippen molar-refractivity contribution in [3.8, 4) is 0 Å². The fourth-order valence-electron chi connectivity index (χ4n) is 2.29. The van der Waals surface area contributed by atoms with E-state index < -0.39 is 0 Å². The van der Waals surface area contributed by atoms with Crippen LogP contribution in [0.2, 0.25) is 0 Å². The van der Waals surface area contributed by atoms with Crippen molar-refractivity contribution in [2.45, 2.75) is 25.3 Å². The molecule has 5 nitrogen and oxygen atoms in total. The first-order valence-electron chi connectivity index (χ1n) is 6.76. The van der Waals surface area contributed by atoms with Crippen LogP contribution in [0.4, 0.5) is 0 Å². The molecule has 1 aliphatic carbocycles. The van der Waals surface area contributed by atoms with E-state index >= 15 is 0 Å². The van der Waals surface area contributed by atoms with Gasteiger partial charge in [0.05, 0.1) is 6.54 Å². The van der Waals surface area contributed by atoms with Gasteiger partial charge in [-0.25, -0.2) is 0 Å². The first-order chi connectivity index (χ1) is 9.65. The molecule has 104 valence electrons. The Labute approximate surface area is 116 Å². The second-order valence-electron chi connectivity index (χ2n) is 5.29. The quantitative estimate of drug-likeness (QED) is 0.891. The molecule has 0 radical (unpaired) electrons. The second kappa shape index (κ2) is 5.00. The zero-order valence-electron chi connectivity index (χ0n) is 11.3. The Bertz CT molecular complexity index is 669. The average Bonchev–Trinajstić information content (AvgIpc) is 3.17. The summed E-state index contributed by atoms with van der Waals surface area (Å²) in [5.74, 6) is 0.215. The average molecular weight is 271 g/mol. The summed E-state index contributed by atoms with van der Waals surface area (Å²) < 4.78 is 0. The molecule has 0 aromatic carbocycles. The Morgan fingerprint density at radius 1 is 1.35 bits per heavy atom. The molecule has 1 amide bonds. The second-order valence-corrected chi connectivity index (χ2v) is 5.29. The van der Waals surface area contributed by atoms with Crippen molar-refractivity contribution < 1.29 is 4.79 Å². The number of aromatic nitrogens is 2. The third-order valence-corrected chi connectivity index (χ3v) is 3.60. The Balaban J connectivity index is 1.77. The minimum absolute atomic E-state index is 0.198. The van der Waals surface area contributed by atoms with E-state index in [9.17, 15) is 9.59 Å². The van der Waals surface area contributed by atoms with Crippen LogP contribution in [-0.4, -0.2) is 27.8 Å². The summed E-state index contributed by atoms with van der Waals surface area (Å²) in [6.45, 7) is 0.454. The molecule has 0 atom stereocenters. The van der Waals surface area contributed by atoms with E-state index in [-0.39, 0.29) is 17.0 Å². The highest BCUT2D eigenvalue weighted by Crippen LogP contribution is 2.38. The lowest BCUT2D eigenvalue weighted by Crippen LogP contribution is -2.31. The molecule has 1 saturated carbocycles. The molecule has 1 fully saturated rings. The molecule has 0 bridgehead atoms. The SMILES string of the molecule is CN(Cc1ccc[nH]1)C(=O)c1ccc(C2CC2)[nH]c1=O. The highest BCUT2D eigenvalue weighted by Gasteiger charge is 2.25. The largest absolute Gasteiger partial charge is 0.364 e.